The van der Waals surface area contributed by atoms with Crippen molar-refractivity contribution in [3.63, 3.8) is 0 Å². The van der Waals surface area contributed by atoms with Gasteiger partial charge in [0.2, 0.25) is 0 Å². The molecule has 0 fully saturated rings. The topological polar surface area (TPSA) is 91.4 Å². The maximum absolute atomic E-state index is 12.2. The first-order chi connectivity index (χ1) is 13.7. The lowest BCUT2D eigenvalue weighted by Crippen LogP contribution is -2.44. The fraction of sp³-hybridized carbons (Fsp3) is 0.304. The number of benzene rings is 2. The Hall–Kier alpha value is -3.28. The lowest BCUT2D eigenvalue weighted by Gasteiger charge is -2.19. The molecule has 0 unspecified atom stereocenters. The molecule has 6 nitrogen and oxygen atoms in total. The Morgan fingerprint density at radius 2 is 1.79 bits per heavy atom. The van der Waals surface area contributed by atoms with E-state index in [0.717, 1.165) is 16.5 Å². The number of ether oxygens (including phenoxy) is 1. The number of H-pyrrole nitrogens is 1. The van der Waals surface area contributed by atoms with Crippen LogP contribution in [0, 0.1) is 0 Å². The summed E-state index contributed by atoms with van der Waals surface area (Å²) < 4.78 is 5.51. The number of hydrogen-bond donors (Lipinski definition) is 3. The summed E-state index contributed by atoms with van der Waals surface area (Å²) >= 11 is 0. The number of amides is 1. The predicted molar refractivity (Wildman–Crippen MR) is 112 cm³/mol. The molecule has 0 bridgehead atoms. The normalized spacial score (nSPS) is 12.5. The molecule has 152 valence electrons. The Balaban J connectivity index is 1.59. The zero-order valence-electron chi connectivity index (χ0n) is 16.9. The van der Waals surface area contributed by atoms with Crippen LogP contribution in [0.5, 0.6) is 5.75 Å². The van der Waals surface area contributed by atoms with E-state index >= 15 is 0 Å². The maximum atomic E-state index is 12.2. The van der Waals surface area contributed by atoms with Crippen molar-refractivity contribution in [3.05, 3.63) is 65.9 Å². The van der Waals surface area contributed by atoms with Crippen molar-refractivity contribution >= 4 is 22.8 Å². The first-order valence-corrected chi connectivity index (χ1v) is 9.54. The van der Waals surface area contributed by atoms with Crippen molar-refractivity contribution in [2.24, 2.45) is 0 Å². The Morgan fingerprint density at radius 1 is 1.10 bits per heavy atom. The van der Waals surface area contributed by atoms with Gasteiger partial charge in [0.05, 0.1) is 0 Å². The van der Waals surface area contributed by atoms with Gasteiger partial charge in [0.25, 0.3) is 5.91 Å². The molecule has 0 aliphatic rings. The highest BCUT2D eigenvalue weighted by Gasteiger charge is 2.22. The number of carbonyl (C=O) groups is 2. The van der Waals surface area contributed by atoms with Crippen molar-refractivity contribution < 1.29 is 19.4 Å². The summed E-state index contributed by atoms with van der Waals surface area (Å²) in [6, 6.07) is 14.2. The van der Waals surface area contributed by atoms with Crippen LogP contribution in [0.15, 0.2) is 54.7 Å². The monoisotopic (exact) mass is 394 g/mol. The van der Waals surface area contributed by atoms with Gasteiger partial charge < -0.3 is 20.1 Å². The number of nitrogens with one attached hydrogen (secondary N) is 2. The molecule has 0 spiro atoms. The number of para-hydroxylation sites is 1. The molecule has 3 rings (SSSR count). The summed E-state index contributed by atoms with van der Waals surface area (Å²) in [5, 5.41) is 13.0. The third-order valence-corrected chi connectivity index (χ3v) is 4.82. The van der Waals surface area contributed by atoms with Gasteiger partial charge in [-0.1, -0.05) is 51.1 Å². The molecule has 6 heteroatoms. The smallest absolute Gasteiger partial charge is 0.326 e. The van der Waals surface area contributed by atoms with Crippen LogP contribution in [-0.4, -0.2) is 34.6 Å². The van der Waals surface area contributed by atoms with Gasteiger partial charge in [-0.05, 0) is 34.7 Å². The zero-order valence-corrected chi connectivity index (χ0v) is 16.9. The van der Waals surface area contributed by atoms with Crippen LogP contribution in [0.4, 0.5) is 0 Å². The van der Waals surface area contributed by atoms with E-state index in [9.17, 15) is 14.7 Å². The van der Waals surface area contributed by atoms with Crippen molar-refractivity contribution in [1.29, 1.82) is 0 Å². The molecule has 2 aromatic carbocycles. The highest BCUT2D eigenvalue weighted by molar-refractivity contribution is 5.87. The SMILES string of the molecule is CC(C)(C)c1ccc(OCC(=O)N[C@@H](Cc2c[nH]c3ccccc23)C(=O)O)cc1. The molecule has 1 amide bonds. The Kier molecular flexibility index (Phi) is 5.92. The number of hydrogen-bond acceptors (Lipinski definition) is 3. The molecule has 0 aliphatic heterocycles. The summed E-state index contributed by atoms with van der Waals surface area (Å²) in [6.45, 7) is 6.12. The fourth-order valence-electron chi connectivity index (χ4n) is 3.16. The van der Waals surface area contributed by atoms with Crippen LogP contribution in [0.1, 0.15) is 31.9 Å². The first-order valence-electron chi connectivity index (χ1n) is 9.54. The van der Waals surface area contributed by atoms with Crippen molar-refractivity contribution in [2.75, 3.05) is 6.61 Å². The maximum Gasteiger partial charge on any atom is 0.326 e. The van der Waals surface area contributed by atoms with Gasteiger partial charge in [0, 0.05) is 23.5 Å². The van der Waals surface area contributed by atoms with E-state index in [0.29, 0.717) is 5.75 Å². The molecule has 29 heavy (non-hydrogen) atoms. The van der Waals surface area contributed by atoms with Crippen LogP contribution >= 0.6 is 0 Å². The molecule has 0 radical (unpaired) electrons. The Labute approximate surface area is 169 Å². The third-order valence-electron chi connectivity index (χ3n) is 4.82. The van der Waals surface area contributed by atoms with Gasteiger partial charge in [-0.25, -0.2) is 4.79 Å². The Bertz CT molecular complexity index is 1000. The average molecular weight is 394 g/mol. The van der Waals surface area contributed by atoms with Gasteiger partial charge in [0.1, 0.15) is 11.8 Å². The van der Waals surface area contributed by atoms with Crippen LogP contribution in [0.25, 0.3) is 10.9 Å². The number of carbonyl (C=O) groups excluding carboxylic acids is 1. The van der Waals surface area contributed by atoms with E-state index in [1.807, 2.05) is 48.5 Å². The summed E-state index contributed by atoms with van der Waals surface area (Å²) in [7, 11) is 0. The van der Waals surface area contributed by atoms with Crippen LogP contribution in [0.3, 0.4) is 0 Å². The second kappa shape index (κ2) is 8.39. The second-order valence-corrected chi connectivity index (χ2v) is 8.09. The van der Waals surface area contributed by atoms with Gasteiger partial charge in [0.15, 0.2) is 6.61 Å². The first kappa shape index (κ1) is 20.5. The number of fused-ring (bicyclic) bond motifs is 1. The molecule has 0 saturated heterocycles. The third kappa shape index (κ3) is 5.16. The standard InChI is InChI=1S/C23H26N2O4/c1-23(2,3)16-8-10-17(11-9-16)29-14-21(26)25-20(22(27)28)12-15-13-24-19-7-5-4-6-18(15)19/h4-11,13,20,24H,12,14H2,1-3H3,(H,25,26)(H,27,28)/t20-/m0/s1. The molecule has 1 heterocycles. The number of carboxylic acids is 1. The highest BCUT2D eigenvalue weighted by atomic mass is 16.5. The number of carboxylic acid groups (broad SMARTS) is 1. The van der Waals surface area contributed by atoms with Gasteiger partial charge in [-0.2, -0.15) is 0 Å². The number of rotatable bonds is 7. The molecule has 3 N–H and O–H groups in total. The minimum absolute atomic E-state index is 0.0347. The average Bonchev–Trinajstić information content (AvgIpc) is 3.08. The predicted octanol–water partition coefficient (Wildman–Crippen LogP) is 3.66. The second-order valence-electron chi connectivity index (χ2n) is 8.09. The molecule has 3 aromatic rings. The summed E-state index contributed by atoms with van der Waals surface area (Å²) in [6.07, 6.45) is 1.96. The molecule has 1 aromatic heterocycles. The van der Waals surface area contributed by atoms with E-state index in [1.54, 1.807) is 6.20 Å². The van der Waals surface area contributed by atoms with Gasteiger partial charge in [-0.15, -0.1) is 0 Å². The van der Waals surface area contributed by atoms with Crippen molar-refractivity contribution in [3.8, 4) is 5.75 Å². The summed E-state index contributed by atoms with van der Waals surface area (Å²) in [5.41, 5.74) is 2.97. The van der Waals surface area contributed by atoms with E-state index in [4.69, 9.17) is 4.74 Å². The van der Waals surface area contributed by atoms with Crippen LogP contribution in [-0.2, 0) is 21.4 Å². The Morgan fingerprint density at radius 3 is 2.45 bits per heavy atom. The van der Waals surface area contributed by atoms with E-state index in [-0.39, 0.29) is 18.4 Å². The van der Waals surface area contributed by atoms with Crippen LogP contribution < -0.4 is 10.1 Å². The fourth-order valence-corrected chi connectivity index (χ4v) is 3.16. The molecule has 0 aliphatic carbocycles. The molecule has 0 saturated carbocycles. The lowest BCUT2D eigenvalue weighted by molar-refractivity contribution is -0.142. The number of aliphatic carboxylic acids is 1. The van der Waals surface area contributed by atoms with E-state index in [2.05, 4.69) is 31.1 Å². The minimum Gasteiger partial charge on any atom is -0.484 e. The van der Waals surface area contributed by atoms with Crippen molar-refractivity contribution in [2.45, 2.75) is 38.6 Å². The lowest BCUT2D eigenvalue weighted by atomic mass is 9.87. The van der Waals surface area contributed by atoms with E-state index < -0.39 is 17.9 Å². The van der Waals surface area contributed by atoms with Gasteiger partial charge >= 0.3 is 5.97 Å². The van der Waals surface area contributed by atoms with E-state index in [1.165, 1.54) is 5.56 Å². The zero-order chi connectivity index (χ0) is 21.0. The molecular formula is C23H26N2O4. The highest BCUT2D eigenvalue weighted by Crippen LogP contribution is 2.24. The van der Waals surface area contributed by atoms with Crippen molar-refractivity contribution in [1.82, 2.24) is 10.3 Å². The molecule has 1 atom stereocenters. The largest absolute Gasteiger partial charge is 0.484 e. The summed E-state index contributed by atoms with van der Waals surface area (Å²) in [4.78, 5) is 27.0. The molecular weight excluding hydrogens is 368 g/mol. The van der Waals surface area contributed by atoms with Crippen LogP contribution in [0.2, 0.25) is 0 Å². The number of aromatic nitrogens is 1. The summed E-state index contributed by atoms with van der Waals surface area (Å²) in [5.74, 6) is -0.994. The minimum atomic E-state index is -1.09. The van der Waals surface area contributed by atoms with Gasteiger partial charge in [-0.3, -0.25) is 4.79 Å². The quantitative estimate of drug-likeness (QED) is 0.570. The number of aromatic amines is 1.